The molecule has 1 heterocycles. The van der Waals surface area contributed by atoms with Crippen molar-refractivity contribution in [1.82, 2.24) is 5.32 Å². The number of amides is 1. The zero-order valence-electron chi connectivity index (χ0n) is 8.16. The lowest BCUT2D eigenvalue weighted by molar-refractivity contribution is -0.117. The minimum absolute atomic E-state index is 0.00398. The van der Waals surface area contributed by atoms with Crippen molar-refractivity contribution in [2.75, 3.05) is 0 Å². The van der Waals surface area contributed by atoms with Gasteiger partial charge >= 0.3 is 0 Å². The summed E-state index contributed by atoms with van der Waals surface area (Å²) in [5.74, 6) is -0.00398. The largest absolute Gasteiger partial charge is 0.340 e. The second-order valence-electron chi connectivity index (χ2n) is 3.51. The SMILES string of the molecule is CCC1(c2ccccc2)C=CC(=O)N1. The number of hydrogen-bond donors (Lipinski definition) is 1. The predicted molar refractivity (Wildman–Crippen MR) is 55.7 cm³/mol. The van der Waals surface area contributed by atoms with Gasteiger partial charge in [-0.1, -0.05) is 37.3 Å². The number of hydrogen-bond acceptors (Lipinski definition) is 1. The molecule has 0 aromatic heterocycles. The van der Waals surface area contributed by atoms with E-state index in [1.165, 1.54) is 0 Å². The summed E-state index contributed by atoms with van der Waals surface area (Å²) < 4.78 is 0. The molecule has 0 fully saturated rings. The van der Waals surface area contributed by atoms with Gasteiger partial charge in [-0.25, -0.2) is 0 Å². The zero-order chi connectivity index (χ0) is 10.0. The van der Waals surface area contributed by atoms with Crippen molar-refractivity contribution < 1.29 is 4.79 Å². The molecule has 14 heavy (non-hydrogen) atoms. The van der Waals surface area contributed by atoms with Crippen LogP contribution in [0.15, 0.2) is 42.5 Å². The summed E-state index contributed by atoms with van der Waals surface area (Å²) in [4.78, 5) is 11.2. The first-order valence-electron chi connectivity index (χ1n) is 4.84. The van der Waals surface area contributed by atoms with Gasteiger partial charge in [-0.3, -0.25) is 4.79 Å². The Bertz CT molecular complexity index is 369. The quantitative estimate of drug-likeness (QED) is 0.753. The van der Waals surface area contributed by atoms with Crippen molar-refractivity contribution in [2.45, 2.75) is 18.9 Å². The van der Waals surface area contributed by atoms with Crippen molar-refractivity contribution in [1.29, 1.82) is 0 Å². The fourth-order valence-electron chi connectivity index (χ4n) is 1.84. The Morgan fingerprint density at radius 3 is 2.50 bits per heavy atom. The average molecular weight is 187 g/mol. The summed E-state index contributed by atoms with van der Waals surface area (Å²) >= 11 is 0. The van der Waals surface area contributed by atoms with Gasteiger partial charge < -0.3 is 5.32 Å². The van der Waals surface area contributed by atoms with Gasteiger partial charge in [-0.15, -0.1) is 0 Å². The Morgan fingerprint density at radius 1 is 1.29 bits per heavy atom. The van der Waals surface area contributed by atoms with Crippen LogP contribution in [0.1, 0.15) is 18.9 Å². The molecule has 0 bridgehead atoms. The van der Waals surface area contributed by atoms with E-state index >= 15 is 0 Å². The van der Waals surface area contributed by atoms with Crippen molar-refractivity contribution in [3.8, 4) is 0 Å². The van der Waals surface area contributed by atoms with Crippen molar-refractivity contribution >= 4 is 5.91 Å². The van der Waals surface area contributed by atoms with Crippen LogP contribution in [0, 0.1) is 0 Å². The molecule has 1 unspecified atom stereocenters. The maximum absolute atomic E-state index is 11.2. The normalized spacial score (nSPS) is 25.1. The standard InChI is InChI=1S/C12H13NO/c1-2-12(9-8-11(14)13-12)10-6-4-3-5-7-10/h3-9H,2H2,1H3,(H,13,14). The first-order chi connectivity index (χ1) is 6.77. The molecule has 1 aliphatic rings. The van der Waals surface area contributed by atoms with Gasteiger partial charge in [0.25, 0.3) is 0 Å². The number of carbonyl (C=O) groups is 1. The van der Waals surface area contributed by atoms with Gasteiger partial charge in [-0.2, -0.15) is 0 Å². The van der Waals surface area contributed by atoms with Crippen LogP contribution in [0.25, 0.3) is 0 Å². The molecule has 2 heteroatoms. The highest BCUT2D eigenvalue weighted by Crippen LogP contribution is 2.29. The van der Waals surface area contributed by atoms with Gasteiger partial charge in [0.15, 0.2) is 0 Å². The van der Waals surface area contributed by atoms with Crippen LogP contribution in [-0.4, -0.2) is 5.91 Å². The molecule has 1 aromatic carbocycles. The minimum Gasteiger partial charge on any atom is -0.340 e. The van der Waals surface area contributed by atoms with Crippen LogP contribution in [0.2, 0.25) is 0 Å². The van der Waals surface area contributed by atoms with Gasteiger partial charge in [0.05, 0.1) is 5.54 Å². The Hall–Kier alpha value is -1.57. The molecule has 1 aliphatic heterocycles. The van der Waals surface area contributed by atoms with Crippen molar-refractivity contribution in [3.63, 3.8) is 0 Å². The molecular weight excluding hydrogens is 174 g/mol. The first kappa shape index (κ1) is 9.00. The topological polar surface area (TPSA) is 29.1 Å². The number of carbonyl (C=O) groups excluding carboxylic acids is 1. The Kier molecular flexibility index (Phi) is 2.12. The fourth-order valence-corrected chi connectivity index (χ4v) is 1.84. The third-order valence-electron chi connectivity index (χ3n) is 2.71. The summed E-state index contributed by atoms with van der Waals surface area (Å²) in [5, 5.41) is 2.98. The minimum atomic E-state index is -0.279. The van der Waals surface area contributed by atoms with Crippen LogP contribution >= 0.6 is 0 Å². The predicted octanol–water partition coefficient (Wildman–Crippen LogP) is 1.98. The molecule has 0 spiro atoms. The average Bonchev–Trinajstić information content (AvgIpc) is 2.63. The Balaban J connectivity index is 2.40. The van der Waals surface area contributed by atoms with E-state index in [0.29, 0.717) is 0 Å². The van der Waals surface area contributed by atoms with Crippen LogP contribution in [0.4, 0.5) is 0 Å². The second kappa shape index (κ2) is 3.29. The molecule has 2 rings (SSSR count). The number of benzene rings is 1. The second-order valence-corrected chi connectivity index (χ2v) is 3.51. The molecule has 0 aliphatic carbocycles. The fraction of sp³-hybridized carbons (Fsp3) is 0.250. The zero-order valence-corrected chi connectivity index (χ0v) is 8.16. The summed E-state index contributed by atoms with van der Waals surface area (Å²) in [7, 11) is 0. The summed E-state index contributed by atoms with van der Waals surface area (Å²) in [6, 6.07) is 10.0. The van der Waals surface area contributed by atoms with Gasteiger partial charge in [0.2, 0.25) is 5.91 Å². The van der Waals surface area contributed by atoms with E-state index in [-0.39, 0.29) is 11.4 Å². The lowest BCUT2D eigenvalue weighted by Gasteiger charge is -2.26. The molecule has 1 amide bonds. The highest BCUT2D eigenvalue weighted by molar-refractivity contribution is 5.91. The van der Waals surface area contributed by atoms with Crippen LogP contribution in [0.3, 0.4) is 0 Å². The van der Waals surface area contributed by atoms with E-state index < -0.39 is 0 Å². The lowest BCUT2D eigenvalue weighted by atomic mass is 9.89. The summed E-state index contributed by atoms with van der Waals surface area (Å²) in [5.41, 5.74) is 0.864. The molecule has 72 valence electrons. The molecular formula is C12H13NO. The van der Waals surface area contributed by atoms with Gasteiger partial charge in [0.1, 0.15) is 0 Å². The summed E-state index contributed by atoms with van der Waals surface area (Å²) in [6.07, 6.45) is 4.43. The van der Waals surface area contributed by atoms with Crippen molar-refractivity contribution in [2.24, 2.45) is 0 Å². The molecule has 1 aromatic rings. The smallest absolute Gasteiger partial charge is 0.244 e. The van der Waals surface area contributed by atoms with Gasteiger partial charge in [-0.05, 0) is 18.1 Å². The maximum atomic E-state index is 11.2. The van der Waals surface area contributed by atoms with E-state index in [9.17, 15) is 4.79 Å². The Morgan fingerprint density at radius 2 is 2.00 bits per heavy atom. The van der Waals surface area contributed by atoms with Gasteiger partial charge in [0, 0.05) is 6.08 Å². The highest BCUT2D eigenvalue weighted by atomic mass is 16.1. The van der Waals surface area contributed by atoms with Crippen LogP contribution in [-0.2, 0) is 10.3 Å². The van der Waals surface area contributed by atoms with E-state index in [0.717, 1.165) is 12.0 Å². The van der Waals surface area contributed by atoms with Crippen molar-refractivity contribution in [3.05, 3.63) is 48.0 Å². The molecule has 0 radical (unpaired) electrons. The maximum Gasteiger partial charge on any atom is 0.244 e. The van der Waals surface area contributed by atoms with E-state index in [4.69, 9.17) is 0 Å². The van der Waals surface area contributed by atoms with Crippen LogP contribution < -0.4 is 5.32 Å². The Labute approximate surface area is 83.6 Å². The number of rotatable bonds is 2. The monoisotopic (exact) mass is 187 g/mol. The lowest BCUT2D eigenvalue weighted by Crippen LogP contribution is -2.38. The molecule has 1 atom stereocenters. The van der Waals surface area contributed by atoms with E-state index in [2.05, 4.69) is 12.2 Å². The highest BCUT2D eigenvalue weighted by Gasteiger charge is 2.32. The third-order valence-corrected chi connectivity index (χ3v) is 2.71. The first-order valence-corrected chi connectivity index (χ1v) is 4.84. The molecule has 0 saturated heterocycles. The third kappa shape index (κ3) is 1.33. The summed E-state index contributed by atoms with van der Waals surface area (Å²) in [6.45, 7) is 2.07. The van der Waals surface area contributed by atoms with Crippen LogP contribution in [0.5, 0.6) is 0 Å². The number of nitrogens with one attached hydrogen (secondary N) is 1. The molecule has 1 N–H and O–H groups in total. The van der Waals surface area contributed by atoms with E-state index in [1.807, 2.05) is 36.4 Å². The molecule has 2 nitrogen and oxygen atoms in total. The van der Waals surface area contributed by atoms with E-state index in [1.54, 1.807) is 6.08 Å². The molecule has 0 saturated carbocycles.